The molecular formula is C18H17N5O2. The molecule has 0 unspecified atom stereocenters. The molecular weight excluding hydrogens is 318 g/mol. The first-order chi connectivity index (χ1) is 12.1. The topological polar surface area (TPSA) is 82.7 Å². The van der Waals surface area contributed by atoms with Crippen LogP contribution in [0.3, 0.4) is 0 Å². The molecule has 0 aliphatic heterocycles. The van der Waals surface area contributed by atoms with Crippen molar-refractivity contribution in [1.29, 1.82) is 0 Å². The van der Waals surface area contributed by atoms with E-state index < -0.39 is 11.1 Å². The van der Waals surface area contributed by atoms with Crippen LogP contribution in [0.15, 0.2) is 58.5 Å². The van der Waals surface area contributed by atoms with Crippen LogP contribution in [0.25, 0.3) is 11.4 Å². The summed E-state index contributed by atoms with van der Waals surface area (Å²) >= 11 is 0. The Kier molecular flexibility index (Phi) is 3.56. The molecule has 7 heteroatoms. The molecule has 0 atom stereocenters. The van der Waals surface area contributed by atoms with E-state index in [1.54, 1.807) is 29.2 Å². The zero-order valence-electron chi connectivity index (χ0n) is 13.8. The summed E-state index contributed by atoms with van der Waals surface area (Å²) in [6.45, 7) is 2.20. The van der Waals surface area contributed by atoms with E-state index in [4.69, 9.17) is 0 Å². The van der Waals surface area contributed by atoms with Crippen LogP contribution in [0.4, 0.5) is 0 Å². The highest BCUT2D eigenvalue weighted by atomic mass is 16.2. The number of aromatic nitrogens is 5. The minimum atomic E-state index is -0.536. The maximum atomic E-state index is 12.3. The molecule has 126 valence electrons. The first kappa shape index (κ1) is 15.4. The van der Waals surface area contributed by atoms with E-state index in [0.29, 0.717) is 11.4 Å². The van der Waals surface area contributed by atoms with Crippen molar-refractivity contribution in [2.45, 2.75) is 31.8 Å². The van der Waals surface area contributed by atoms with Crippen LogP contribution in [0.2, 0.25) is 0 Å². The maximum Gasteiger partial charge on any atom is 0.316 e. The molecule has 0 spiro atoms. The van der Waals surface area contributed by atoms with Crippen LogP contribution in [0.1, 0.15) is 25.5 Å². The van der Waals surface area contributed by atoms with Gasteiger partial charge in [0.25, 0.3) is 0 Å². The number of hydrogen-bond acceptors (Lipinski definition) is 5. The van der Waals surface area contributed by atoms with Gasteiger partial charge in [-0.05, 0) is 44.0 Å². The van der Waals surface area contributed by atoms with E-state index in [0.717, 1.165) is 18.5 Å². The Balaban J connectivity index is 1.60. The summed E-state index contributed by atoms with van der Waals surface area (Å²) in [6.07, 6.45) is 6.88. The summed E-state index contributed by atoms with van der Waals surface area (Å²) in [5, 5.41) is 8.30. The quantitative estimate of drug-likeness (QED) is 0.674. The van der Waals surface area contributed by atoms with E-state index in [1.807, 2.05) is 31.2 Å². The largest absolute Gasteiger partial charge is 0.316 e. The highest BCUT2D eigenvalue weighted by Crippen LogP contribution is 2.41. The normalized spacial score (nSPS) is 15.1. The van der Waals surface area contributed by atoms with Gasteiger partial charge in [-0.25, -0.2) is 0 Å². The minimum Gasteiger partial charge on any atom is -0.304 e. The van der Waals surface area contributed by atoms with Gasteiger partial charge in [0.15, 0.2) is 0 Å². The lowest BCUT2D eigenvalue weighted by Crippen LogP contribution is -2.43. The Bertz CT molecular complexity index is 1020. The van der Waals surface area contributed by atoms with Crippen LogP contribution in [-0.2, 0) is 12.1 Å². The molecule has 1 aliphatic carbocycles. The summed E-state index contributed by atoms with van der Waals surface area (Å²) < 4.78 is 2.91. The molecule has 0 amide bonds. The standard InChI is InChI=1S/C18H17N5O2/c1-18(7-8-18)23-11-10-22(16(24)17(23)25)12-13-5-6-15(21-20-13)14-4-2-3-9-19-14/h2-6,9-11H,7-8,12H2,1H3. The van der Waals surface area contributed by atoms with Gasteiger partial charge in [-0.2, -0.15) is 5.10 Å². The van der Waals surface area contributed by atoms with Gasteiger partial charge >= 0.3 is 11.1 Å². The first-order valence-electron chi connectivity index (χ1n) is 8.13. The molecule has 0 aromatic carbocycles. The highest BCUT2D eigenvalue weighted by Gasteiger charge is 2.40. The molecule has 25 heavy (non-hydrogen) atoms. The third kappa shape index (κ3) is 2.88. The van der Waals surface area contributed by atoms with Crippen molar-refractivity contribution >= 4 is 0 Å². The Morgan fingerprint density at radius 1 is 1.00 bits per heavy atom. The second-order valence-electron chi connectivity index (χ2n) is 6.53. The summed E-state index contributed by atoms with van der Waals surface area (Å²) in [6, 6.07) is 9.17. The predicted octanol–water partition coefficient (Wildman–Crippen LogP) is 1.42. The molecule has 4 rings (SSSR count). The van der Waals surface area contributed by atoms with E-state index in [1.165, 1.54) is 4.57 Å². The predicted molar refractivity (Wildman–Crippen MR) is 92.2 cm³/mol. The number of nitrogens with zero attached hydrogens (tertiary/aromatic N) is 5. The maximum absolute atomic E-state index is 12.3. The Morgan fingerprint density at radius 2 is 1.84 bits per heavy atom. The van der Waals surface area contributed by atoms with Gasteiger partial charge < -0.3 is 9.13 Å². The monoisotopic (exact) mass is 335 g/mol. The van der Waals surface area contributed by atoms with Crippen molar-refractivity contribution in [1.82, 2.24) is 24.3 Å². The summed E-state index contributed by atoms with van der Waals surface area (Å²) in [4.78, 5) is 28.8. The molecule has 3 aromatic rings. The molecule has 0 N–H and O–H groups in total. The number of pyridine rings is 1. The fraction of sp³-hybridized carbons (Fsp3) is 0.278. The fourth-order valence-electron chi connectivity index (χ4n) is 2.75. The summed E-state index contributed by atoms with van der Waals surface area (Å²) in [5.74, 6) is 0. The lowest BCUT2D eigenvalue weighted by Gasteiger charge is -2.13. The van der Waals surface area contributed by atoms with Crippen molar-refractivity contribution < 1.29 is 0 Å². The average molecular weight is 335 g/mol. The zero-order valence-corrected chi connectivity index (χ0v) is 13.8. The Morgan fingerprint density at radius 3 is 2.48 bits per heavy atom. The van der Waals surface area contributed by atoms with Crippen molar-refractivity contribution in [3.8, 4) is 11.4 Å². The first-order valence-corrected chi connectivity index (χ1v) is 8.13. The van der Waals surface area contributed by atoms with E-state index in [2.05, 4.69) is 15.2 Å². The van der Waals surface area contributed by atoms with Crippen molar-refractivity contribution in [2.75, 3.05) is 0 Å². The van der Waals surface area contributed by atoms with Gasteiger partial charge in [0.1, 0.15) is 5.69 Å². The van der Waals surface area contributed by atoms with E-state index in [9.17, 15) is 9.59 Å². The highest BCUT2D eigenvalue weighted by molar-refractivity contribution is 5.52. The van der Waals surface area contributed by atoms with Crippen molar-refractivity contribution in [2.24, 2.45) is 0 Å². The zero-order chi connectivity index (χ0) is 17.4. The van der Waals surface area contributed by atoms with Gasteiger partial charge in [0, 0.05) is 24.1 Å². The van der Waals surface area contributed by atoms with Gasteiger partial charge in [-0.3, -0.25) is 14.6 Å². The third-order valence-electron chi connectivity index (χ3n) is 4.59. The molecule has 3 heterocycles. The van der Waals surface area contributed by atoms with Crippen LogP contribution >= 0.6 is 0 Å². The summed E-state index contributed by atoms with van der Waals surface area (Å²) in [5.41, 5.74) is 0.788. The second-order valence-corrected chi connectivity index (χ2v) is 6.53. The number of hydrogen-bond donors (Lipinski definition) is 0. The van der Waals surface area contributed by atoms with E-state index >= 15 is 0 Å². The van der Waals surface area contributed by atoms with Gasteiger partial charge in [0.05, 0.1) is 17.9 Å². The second kappa shape index (κ2) is 5.77. The van der Waals surface area contributed by atoms with E-state index in [-0.39, 0.29) is 12.1 Å². The van der Waals surface area contributed by atoms with Crippen LogP contribution in [0.5, 0.6) is 0 Å². The lowest BCUT2D eigenvalue weighted by atomic mass is 10.2. The average Bonchev–Trinajstić information content (AvgIpc) is 3.39. The molecule has 0 saturated heterocycles. The van der Waals surface area contributed by atoms with Crippen LogP contribution in [-0.4, -0.2) is 24.3 Å². The van der Waals surface area contributed by atoms with Gasteiger partial charge in [0.2, 0.25) is 0 Å². The molecule has 3 aromatic heterocycles. The SMILES string of the molecule is CC1(n2ccn(Cc3ccc(-c4ccccn4)nn3)c(=O)c2=O)CC1. The molecule has 1 fully saturated rings. The molecule has 1 saturated carbocycles. The minimum absolute atomic E-state index is 0.195. The van der Waals surface area contributed by atoms with Crippen LogP contribution < -0.4 is 11.1 Å². The van der Waals surface area contributed by atoms with Crippen LogP contribution in [0, 0.1) is 0 Å². The fourth-order valence-corrected chi connectivity index (χ4v) is 2.75. The smallest absolute Gasteiger partial charge is 0.304 e. The van der Waals surface area contributed by atoms with Gasteiger partial charge in [-0.1, -0.05) is 6.07 Å². The molecule has 0 bridgehead atoms. The molecule has 7 nitrogen and oxygen atoms in total. The molecule has 1 aliphatic rings. The lowest BCUT2D eigenvalue weighted by molar-refractivity contribution is 0.495. The summed E-state index contributed by atoms with van der Waals surface area (Å²) in [7, 11) is 0. The number of rotatable bonds is 4. The Hall–Kier alpha value is -3.09. The molecule has 0 radical (unpaired) electrons. The Labute approximate surface area is 143 Å². The van der Waals surface area contributed by atoms with Crippen molar-refractivity contribution in [3.63, 3.8) is 0 Å². The van der Waals surface area contributed by atoms with Gasteiger partial charge in [-0.15, -0.1) is 5.10 Å². The van der Waals surface area contributed by atoms with Crippen molar-refractivity contribution in [3.05, 3.63) is 75.3 Å². The third-order valence-corrected chi connectivity index (χ3v) is 4.59.